The van der Waals surface area contributed by atoms with Gasteiger partial charge in [0.1, 0.15) is 12.6 Å². The lowest BCUT2D eigenvalue weighted by Gasteiger charge is -2.30. The second-order valence-corrected chi connectivity index (χ2v) is 8.93. The number of amides is 2. The minimum absolute atomic E-state index is 0.162. The van der Waals surface area contributed by atoms with E-state index in [0.29, 0.717) is 28.6 Å². The lowest BCUT2D eigenvalue weighted by molar-refractivity contribution is -0.127. The fraction of sp³-hybridized carbons (Fsp3) is 0.423. The molecular formula is C26H32N6O4. The van der Waals surface area contributed by atoms with Crippen molar-refractivity contribution in [3.63, 3.8) is 0 Å². The molecule has 2 aromatic carbocycles. The Morgan fingerprint density at radius 3 is 2.53 bits per heavy atom. The van der Waals surface area contributed by atoms with E-state index in [1.54, 1.807) is 39.3 Å². The number of para-hydroxylation sites is 1. The van der Waals surface area contributed by atoms with Crippen LogP contribution in [-0.4, -0.2) is 58.3 Å². The zero-order chi connectivity index (χ0) is 25.7. The number of anilines is 1. The monoisotopic (exact) mass is 492 g/mol. The molecule has 0 saturated heterocycles. The van der Waals surface area contributed by atoms with Crippen LogP contribution in [0.3, 0.4) is 0 Å². The Morgan fingerprint density at radius 1 is 1.11 bits per heavy atom. The Balaban J connectivity index is 1.56. The molecule has 1 aromatic heterocycles. The van der Waals surface area contributed by atoms with E-state index in [-0.39, 0.29) is 24.4 Å². The zero-order valence-corrected chi connectivity index (χ0v) is 21.1. The number of aryl methyl sites for hydroxylation is 1. The number of carbonyl (C=O) groups excluding carboxylic acids is 2. The van der Waals surface area contributed by atoms with Gasteiger partial charge in [0.2, 0.25) is 11.7 Å². The van der Waals surface area contributed by atoms with Crippen LogP contribution in [0.2, 0.25) is 0 Å². The van der Waals surface area contributed by atoms with E-state index in [2.05, 4.69) is 20.7 Å². The second kappa shape index (κ2) is 11.2. The fourth-order valence-electron chi connectivity index (χ4n) is 4.50. The van der Waals surface area contributed by atoms with Crippen LogP contribution in [-0.2, 0) is 16.1 Å². The van der Waals surface area contributed by atoms with E-state index in [4.69, 9.17) is 9.47 Å². The van der Waals surface area contributed by atoms with Gasteiger partial charge in [-0.15, -0.1) is 10.2 Å². The molecule has 2 amide bonds. The van der Waals surface area contributed by atoms with Gasteiger partial charge >= 0.3 is 0 Å². The number of methoxy groups -OCH3 is 2. The summed E-state index contributed by atoms with van der Waals surface area (Å²) in [5, 5.41) is 15.7. The summed E-state index contributed by atoms with van der Waals surface area (Å²) in [5.74, 6) is 0.988. The summed E-state index contributed by atoms with van der Waals surface area (Å²) in [5.41, 5.74) is 2.24. The Bertz CT molecular complexity index is 1220. The van der Waals surface area contributed by atoms with Crippen molar-refractivity contribution in [3.8, 4) is 22.9 Å². The number of ether oxygens (including phenoxy) is 2. The molecule has 190 valence electrons. The van der Waals surface area contributed by atoms with Gasteiger partial charge in [0, 0.05) is 17.3 Å². The molecule has 0 unspecified atom stereocenters. The van der Waals surface area contributed by atoms with E-state index in [0.717, 1.165) is 31.2 Å². The van der Waals surface area contributed by atoms with Crippen LogP contribution < -0.4 is 19.7 Å². The van der Waals surface area contributed by atoms with E-state index < -0.39 is 6.04 Å². The molecule has 10 nitrogen and oxygen atoms in total. The quantitative estimate of drug-likeness (QED) is 0.488. The lowest BCUT2D eigenvalue weighted by Crippen LogP contribution is -2.51. The first kappa shape index (κ1) is 25.2. The normalized spacial score (nSPS) is 14.3. The molecule has 1 fully saturated rings. The number of nitrogens with zero attached hydrogens (tertiary/aromatic N) is 5. The van der Waals surface area contributed by atoms with Gasteiger partial charge in [0.25, 0.3) is 5.91 Å². The number of tetrazole rings is 1. The number of hydrogen-bond donors (Lipinski definition) is 1. The van der Waals surface area contributed by atoms with Gasteiger partial charge in [-0.3, -0.25) is 14.5 Å². The van der Waals surface area contributed by atoms with Crippen LogP contribution in [0.25, 0.3) is 11.4 Å². The number of hydrogen-bond acceptors (Lipinski definition) is 7. The minimum Gasteiger partial charge on any atom is -0.493 e. The summed E-state index contributed by atoms with van der Waals surface area (Å²) in [6.45, 7) is 3.49. The summed E-state index contributed by atoms with van der Waals surface area (Å²) in [7, 11) is 3.11. The van der Waals surface area contributed by atoms with Gasteiger partial charge < -0.3 is 14.8 Å². The van der Waals surface area contributed by atoms with Crippen LogP contribution in [0.1, 0.15) is 38.2 Å². The third-order valence-corrected chi connectivity index (χ3v) is 6.48. The Morgan fingerprint density at radius 2 is 1.83 bits per heavy atom. The lowest BCUT2D eigenvalue weighted by atomic mass is 10.1. The van der Waals surface area contributed by atoms with Gasteiger partial charge in [-0.05, 0) is 61.7 Å². The molecule has 10 heteroatoms. The summed E-state index contributed by atoms with van der Waals surface area (Å²) < 4.78 is 10.6. The molecule has 1 N–H and O–H groups in total. The fourth-order valence-corrected chi connectivity index (χ4v) is 4.50. The molecule has 1 aliphatic carbocycles. The molecule has 1 saturated carbocycles. The van der Waals surface area contributed by atoms with E-state index in [1.807, 2.05) is 31.2 Å². The third-order valence-electron chi connectivity index (χ3n) is 6.48. The number of rotatable bonds is 9. The van der Waals surface area contributed by atoms with Crippen molar-refractivity contribution >= 4 is 17.5 Å². The average Bonchev–Trinajstić information content (AvgIpc) is 3.57. The first-order valence-corrected chi connectivity index (χ1v) is 12.1. The maximum absolute atomic E-state index is 13.6. The van der Waals surface area contributed by atoms with Gasteiger partial charge in [0.05, 0.1) is 14.2 Å². The SMILES string of the molecule is COc1ccc(-c2nnn(CC(=O)N(c3ccccc3C)[C@H](C)C(=O)NC3CCCC3)n2)cc1OC. The van der Waals surface area contributed by atoms with Crippen LogP contribution in [0.4, 0.5) is 5.69 Å². The minimum atomic E-state index is -0.701. The van der Waals surface area contributed by atoms with Crippen molar-refractivity contribution in [3.05, 3.63) is 48.0 Å². The number of aromatic nitrogens is 4. The first-order valence-electron chi connectivity index (χ1n) is 12.1. The van der Waals surface area contributed by atoms with Crippen molar-refractivity contribution in [2.75, 3.05) is 19.1 Å². The van der Waals surface area contributed by atoms with Crippen molar-refractivity contribution in [2.24, 2.45) is 0 Å². The highest BCUT2D eigenvalue weighted by Crippen LogP contribution is 2.31. The second-order valence-electron chi connectivity index (χ2n) is 8.93. The smallest absolute Gasteiger partial charge is 0.251 e. The van der Waals surface area contributed by atoms with E-state index >= 15 is 0 Å². The van der Waals surface area contributed by atoms with Crippen LogP contribution in [0.15, 0.2) is 42.5 Å². The topological polar surface area (TPSA) is 111 Å². The van der Waals surface area contributed by atoms with Crippen molar-refractivity contribution in [2.45, 2.75) is 58.2 Å². The molecular weight excluding hydrogens is 460 g/mol. The summed E-state index contributed by atoms with van der Waals surface area (Å²) in [6.07, 6.45) is 4.16. The van der Waals surface area contributed by atoms with Gasteiger partial charge in [-0.1, -0.05) is 31.0 Å². The predicted molar refractivity (Wildman–Crippen MR) is 135 cm³/mol. The van der Waals surface area contributed by atoms with Gasteiger partial charge in [-0.2, -0.15) is 4.80 Å². The van der Waals surface area contributed by atoms with E-state index in [1.165, 1.54) is 9.70 Å². The van der Waals surface area contributed by atoms with Crippen molar-refractivity contribution in [1.29, 1.82) is 0 Å². The molecule has 3 aromatic rings. The van der Waals surface area contributed by atoms with Crippen molar-refractivity contribution < 1.29 is 19.1 Å². The molecule has 1 atom stereocenters. The molecule has 1 aliphatic rings. The Hall–Kier alpha value is -3.95. The van der Waals surface area contributed by atoms with E-state index in [9.17, 15) is 9.59 Å². The zero-order valence-electron chi connectivity index (χ0n) is 21.1. The highest BCUT2D eigenvalue weighted by molar-refractivity contribution is 6.01. The first-order chi connectivity index (χ1) is 17.4. The Kier molecular flexibility index (Phi) is 7.82. The molecule has 0 aliphatic heterocycles. The van der Waals surface area contributed by atoms with Crippen LogP contribution in [0.5, 0.6) is 11.5 Å². The largest absolute Gasteiger partial charge is 0.493 e. The van der Waals surface area contributed by atoms with Gasteiger partial charge in [0.15, 0.2) is 11.5 Å². The summed E-state index contributed by atoms with van der Waals surface area (Å²) >= 11 is 0. The molecule has 36 heavy (non-hydrogen) atoms. The third kappa shape index (κ3) is 5.48. The molecule has 0 bridgehead atoms. The highest BCUT2D eigenvalue weighted by atomic mass is 16.5. The maximum atomic E-state index is 13.6. The molecule has 1 heterocycles. The van der Waals surface area contributed by atoms with Crippen LogP contribution in [0, 0.1) is 6.92 Å². The molecule has 4 rings (SSSR count). The van der Waals surface area contributed by atoms with Gasteiger partial charge in [-0.25, -0.2) is 0 Å². The predicted octanol–water partition coefficient (Wildman–Crippen LogP) is 3.15. The molecule has 0 radical (unpaired) electrons. The number of nitrogens with one attached hydrogen (secondary N) is 1. The maximum Gasteiger partial charge on any atom is 0.251 e. The molecule has 0 spiro atoms. The van der Waals surface area contributed by atoms with Crippen LogP contribution >= 0.6 is 0 Å². The highest BCUT2D eigenvalue weighted by Gasteiger charge is 2.31. The summed E-state index contributed by atoms with van der Waals surface area (Å²) in [6, 6.07) is 12.3. The standard InChI is InChI=1S/C26H32N6O4/c1-17-9-5-8-12-21(17)32(18(2)26(34)27-20-10-6-7-11-20)24(33)16-31-29-25(28-30-31)19-13-14-22(35-3)23(15-19)36-4/h5,8-9,12-15,18,20H,6-7,10-11,16H2,1-4H3,(H,27,34)/t18-/m1/s1. The average molecular weight is 493 g/mol. The number of benzene rings is 2. The summed E-state index contributed by atoms with van der Waals surface area (Å²) in [4.78, 5) is 29.4. The Labute approximate surface area is 210 Å². The number of carbonyl (C=O) groups is 2. The van der Waals surface area contributed by atoms with Crippen molar-refractivity contribution in [1.82, 2.24) is 25.5 Å².